The minimum Gasteiger partial charge on any atom is -0.374 e. The molecule has 1 N–H and O–H groups in total. The molecule has 116 valence electrons. The predicted octanol–water partition coefficient (Wildman–Crippen LogP) is 2.56. The monoisotopic (exact) mass is 288 g/mol. The largest absolute Gasteiger partial charge is 0.374 e. The van der Waals surface area contributed by atoms with Crippen LogP contribution in [0.3, 0.4) is 0 Å². The highest BCUT2D eigenvalue weighted by Gasteiger charge is 2.32. The van der Waals surface area contributed by atoms with Crippen LogP contribution >= 0.6 is 0 Å². The molecule has 0 spiro atoms. The molecule has 0 aromatic heterocycles. The summed E-state index contributed by atoms with van der Waals surface area (Å²) in [6, 6.07) is 5.46. The van der Waals surface area contributed by atoms with Crippen LogP contribution in [0.5, 0.6) is 0 Å². The molecule has 2 aliphatic rings. The van der Waals surface area contributed by atoms with Gasteiger partial charge in [-0.1, -0.05) is 12.1 Å². The summed E-state index contributed by atoms with van der Waals surface area (Å²) >= 11 is 0. The van der Waals surface area contributed by atoms with Gasteiger partial charge in [-0.2, -0.15) is 0 Å². The lowest BCUT2D eigenvalue weighted by molar-refractivity contribution is -0.0301. The molecule has 3 heteroatoms. The van der Waals surface area contributed by atoms with E-state index in [9.17, 15) is 0 Å². The van der Waals surface area contributed by atoms with Crippen molar-refractivity contribution in [3.05, 3.63) is 34.4 Å². The van der Waals surface area contributed by atoms with Gasteiger partial charge in [-0.15, -0.1) is 0 Å². The van der Waals surface area contributed by atoms with Gasteiger partial charge in [0.15, 0.2) is 0 Å². The van der Waals surface area contributed by atoms with Crippen LogP contribution in [0.15, 0.2) is 12.1 Å². The van der Waals surface area contributed by atoms with E-state index in [1.54, 1.807) is 0 Å². The van der Waals surface area contributed by atoms with Crippen LogP contribution < -0.4 is 5.32 Å². The quantitative estimate of drug-likeness (QED) is 0.901. The number of nitrogens with one attached hydrogen (secondary N) is 1. The second-order valence-corrected chi connectivity index (χ2v) is 6.71. The van der Waals surface area contributed by atoms with Gasteiger partial charge in [0, 0.05) is 32.2 Å². The third-order valence-corrected chi connectivity index (χ3v) is 4.87. The molecular weight excluding hydrogens is 260 g/mol. The summed E-state index contributed by atoms with van der Waals surface area (Å²) in [4.78, 5) is 2.61. The average Bonchev–Trinajstić information content (AvgIpc) is 3.29. The second kappa shape index (κ2) is 6.47. The van der Waals surface area contributed by atoms with Crippen LogP contribution in [0.1, 0.15) is 35.1 Å². The van der Waals surface area contributed by atoms with Crippen molar-refractivity contribution in [1.29, 1.82) is 0 Å². The van der Waals surface area contributed by atoms with Gasteiger partial charge in [0.25, 0.3) is 0 Å². The third kappa shape index (κ3) is 3.85. The van der Waals surface area contributed by atoms with E-state index in [1.807, 2.05) is 0 Å². The van der Waals surface area contributed by atoms with Crippen LogP contribution in [0.4, 0.5) is 0 Å². The van der Waals surface area contributed by atoms with Gasteiger partial charge in [0.1, 0.15) is 0 Å². The van der Waals surface area contributed by atoms with Crippen LogP contribution in [0, 0.1) is 20.8 Å². The standard InChI is InChI=1S/C18H28N2O/c1-13-8-15(3)16(9-14(13)2)10-19-11-18-12-20(6-7-21-18)17-4-5-17/h8-9,17-19H,4-7,10-12H2,1-3H3. The Kier molecular flexibility index (Phi) is 4.63. The molecule has 3 rings (SSSR count). The maximum absolute atomic E-state index is 5.89. The molecule has 1 unspecified atom stereocenters. The number of benzene rings is 1. The van der Waals surface area contributed by atoms with Crippen LogP contribution in [-0.4, -0.2) is 43.3 Å². The third-order valence-electron chi connectivity index (χ3n) is 4.87. The highest BCUT2D eigenvalue weighted by molar-refractivity contribution is 5.36. The van der Waals surface area contributed by atoms with Crippen molar-refractivity contribution in [3.8, 4) is 0 Å². The van der Waals surface area contributed by atoms with Crippen molar-refractivity contribution in [2.75, 3.05) is 26.2 Å². The number of nitrogens with zero attached hydrogens (tertiary/aromatic N) is 1. The predicted molar refractivity (Wildman–Crippen MR) is 86.7 cm³/mol. The normalized spacial score (nSPS) is 23.5. The van der Waals surface area contributed by atoms with E-state index < -0.39 is 0 Å². The van der Waals surface area contributed by atoms with Gasteiger partial charge in [0.05, 0.1) is 12.7 Å². The molecule has 1 atom stereocenters. The van der Waals surface area contributed by atoms with E-state index in [2.05, 4.69) is 43.1 Å². The highest BCUT2D eigenvalue weighted by Crippen LogP contribution is 2.28. The fraction of sp³-hybridized carbons (Fsp3) is 0.667. The lowest BCUT2D eigenvalue weighted by Crippen LogP contribution is -2.47. The lowest BCUT2D eigenvalue weighted by atomic mass is 10.0. The Morgan fingerprint density at radius 1 is 1.14 bits per heavy atom. The summed E-state index contributed by atoms with van der Waals surface area (Å²) in [7, 11) is 0. The van der Waals surface area contributed by atoms with Crippen molar-refractivity contribution in [2.45, 2.75) is 52.3 Å². The molecule has 1 saturated carbocycles. The van der Waals surface area contributed by atoms with E-state index in [1.165, 1.54) is 35.1 Å². The topological polar surface area (TPSA) is 24.5 Å². The van der Waals surface area contributed by atoms with E-state index in [0.29, 0.717) is 6.10 Å². The van der Waals surface area contributed by atoms with Gasteiger partial charge >= 0.3 is 0 Å². The summed E-state index contributed by atoms with van der Waals surface area (Å²) in [6.45, 7) is 11.6. The molecule has 1 heterocycles. The molecule has 1 aliphatic heterocycles. The first-order valence-corrected chi connectivity index (χ1v) is 8.26. The summed E-state index contributed by atoms with van der Waals surface area (Å²) < 4.78 is 5.89. The zero-order chi connectivity index (χ0) is 14.8. The first-order valence-electron chi connectivity index (χ1n) is 8.26. The van der Waals surface area contributed by atoms with E-state index >= 15 is 0 Å². The van der Waals surface area contributed by atoms with E-state index in [0.717, 1.165) is 38.8 Å². The molecule has 0 amide bonds. The Balaban J connectivity index is 1.48. The van der Waals surface area contributed by atoms with Crippen molar-refractivity contribution >= 4 is 0 Å². The van der Waals surface area contributed by atoms with Gasteiger partial charge in [0.2, 0.25) is 0 Å². The Bertz CT molecular complexity index is 496. The molecule has 1 aromatic carbocycles. The summed E-state index contributed by atoms with van der Waals surface area (Å²) in [6.07, 6.45) is 3.13. The van der Waals surface area contributed by atoms with Crippen molar-refractivity contribution in [3.63, 3.8) is 0 Å². The number of rotatable bonds is 5. The number of aryl methyl sites for hydroxylation is 3. The molecule has 1 aliphatic carbocycles. The Morgan fingerprint density at radius 3 is 2.67 bits per heavy atom. The molecule has 0 bridgehead atoms. The molecule has 3 nitrogen and oxygen atoms in total. The lowest BCUT2D eigenvalue weighted by Gasteiger charge is -2.33. The number of hydrogen-bond donors (Lipinski definition) is 1. The van der Waals surface area contributed by atoms with Crippen molar-refractivity contribution in [2.24, 2.45) is 0 Å². The Hall–Kier alpha value is -0.900. The fourth-order valence-electron chi connectivity index (χ4n) is 3.22. The smallest absolute Gasteiger partial charge is 0.0826 e. The maximum atomic E-state index is 5.89. The van der Waals surface area contributed by atoms with Crippen molar-refractivity contribution < 1.29 is 4.74 Å². The van der Waals surface area contributed by atoms with Crippen LogP contribution in [0.2, 0.25) is 0 Å². The number of morpholine rings is 1. The minimum atomic E-state index is 0.353. The van der Waals surface area contributed by atoms with Gasteiger partial charge in [-0.05, 0) is 55.9 Å². The molecule has 1 saturated heterocycles. The molecule has 1 aromatic rings. The fourth-order valence-corrected chi connectivity index (χ4v) is 3.22. The number of hydrogen-bond acceptors (Lipinski definition) is 3. The first kappa shape index (κ1) is 15.0. The van der Waals surface area contributed by atoms with Gasteiger partial charge in [-0.3, -0.25) is 4.90 Å². The SMILES string of the molecule is Cc1cc(C)c(CNCC2CN(C3CC3)CCO2)cc1C. The van der Waals surface area contributed by atoms with E-state index in [4.69, 9.17) is 4.74 Å². The molecular formula is C18H28N2O. The average molecular weight is 288 g/mol. The molecule has 21 heavy (non-hydrogen) atoms. The maximum Gasteiger partial charge on any atom is 0.0826 e. The summed E-state index contributed by atoms with van der Waals surface area (Å²) in [5.41, 5.74) is 5.56. The van der Waals surface area contributed by atoms with Gasteiger partial charge in [-0.25, -0.2) is 0 Å². The molecule has 0 radical (unpaired) electrons. The zero-order valence-electron chi connectivity index (χ0n) is 13.6. The Labute approximate surface area is 128 Å². The summed E-state index contributed by atoms with van der Waals surface area (Å²) in [5, 5.41) is 3.59. The zero-order valence-corrected chi connectivity index (χ0v) is 13.6. The van der Waals surface area contributed by atoms with Crippen molar-refractivity contribution in [1.82, 2.24) is 10.2 Å². The van der Waals surface area contributed by atoms with Crippen LogP contribution in [0.25, 0.3) is 0 Å². The second-order valence-electron chi connectivity index (χ2n) is 6.71. The van der Waals surface area contributed by atoms with E-state index in [-0.39, 0.29) is 0 Å². The highest BCUT2D eigenvalue weighted by atomic mass is 16.5. The number of ether oxygens (including phenoxy) is 1. The summed E-state index contributed by atoms with van der Waals surface area (Å²) in [5.74, 6) is 0. The first-order chi connectivity index (χ1) is 10.1. The minimum absolute atomic E-state index is 0.353. The van der Waals surface area contributed by atoms with Crippen LogP contribution in [-0.2, 0) is 11.3 Å². The molecule has 2 fully saturated rings. The van der Waals surface area contributed by atoms with Gasteiger partial charge < -0.3 is 10.1 Å². The Morgan fingerprint density at radius 2 is 1.90 bits per heavy atom.